The average molecular weight is 212 g/mol. The van der Waals surface area contributed by atoms with Crippen LogP contribution >= 0.6 is 0 Å². The average Bonchev–Trinajstić information content (AvgIpc) is 2.45. The summed E-state index contributed by atoms with van der Waals surface area (Å²) in [6.45, 7) is 8.49. The Bertz CT molecular complexity index is 343. The minimum Gasteiger partial charge on any atom is -0.394 e. The summed E-state index contributed by atoms with van der Waals surface area (Å²) < 4.78 is 1.81. The van der Waals surface area contributed by atoms with Crippen molar-refractivity contribution in [2.75, 3.05) is 17.7 Å². The van der Waals surface area contributed by atoms with Crippen LogP contribution in [-0.4, -0.2) is 27.0 Å². The molecule has 0 aliphatic rings. The number of nitrogens with zero attached hydrogens (tertiary/aromatic N) is 2. The second-order valence-corrected chi connectivity index (χ2v) is 4.33. The van der Waals surface area contributed by atoms with Gasteiger partial charge in [0, 0.05) is 6.54 Å². The maximum Gasteiger partial charge on any atom is 0.148 e. The Hall–Kier alpha value is -1.23. The van der Waals surface area contributed by atoms with Crippen molar-refractivity contribution in [3.8, 4) is 0 Å². The lowest BCUT2D eigenvalue weighted by Gasteiger charge is -2.25. The lowest BCUT2D eigenvalue weighted by molar-refractivity contribution is 0.233. The van der Waals surface area contributed by atoms with Gasteiger partial charge in [-0.15, -0.1) is 0 Å². The summed E-state index contributed by atoms with van der Waals surface area (Å²) in [6.07, 6.45) is 0. The highest BCUT2D eigenvalue weighted by Crippen LogP contribution is 2.25. The molecule has 15 heavy (non-hydrogen) atoms. The summed E-state index contributed by atoms with van der Waals surface area (Å²) in [5.74, 6) is 0.786. The molecule has 1 aromatic heterocycles. The summed E-state index contributed by atoms with van der Waals surface area (Å²) in [4.78, 5) is 0. The number of aromatic nitrogens is 2. The number of hydrogen-bond acceptors (Lipinski definition) is 4. The maximum atomic E-state index is 9.18. The molecule has 0 fully saturated rings. The second kappa shape index (κ2) is 4.10. The van der Waals surface area contributed by atoms with Crippen LogP contribution in [0.3, 0.4) is 0 Å². The standard InChI is InChI=1S/C10H20N4O/c1-5-14-9(8(11)7(2)13-14)12-10(3,4)6-15/h12,15H,5-6,11H2,1-4H3. The molecule has 0 radical (unpaired) electrons. The van der Waals surface area contributed by atoms with Gasteiger partial charge in [0.15, 0.2) is 0 Å². The van der Waals surface area contributed by atoms with Crippen LogP contribution in [0.5, 0.6) is 0 Å². The lowest BCUT2D eigenvalue weighted by Crippen LogP contribution is -2.36. The SMILES string of the molecule is CCn1nc(C)c(N)c1NC(C)(C)CO. The predicted molar refractivity (Wildman–Crippen MR) is 61.8 cm³/mol. The van der Waals surface area contributed by atoms with Crippen LogP contribution in [0.1, 0.15) is 26.5 Å². The normalized spacial score (nSPS) is 11.8. The van der Waals surface area contributed by atoms with Crippen LogP contribution < -0.4 is 11.1 Å². The van der Waals surface area contributed by atoms with E-state index in [0.29, 0.717) is 5.69 Å². The molecule has 1 rings (SSSR count). The van der Waals surface area contributed by atoms with Gasteiger partial charge in [-0.3, -0.25) is 0 Å². The molecule has 0 aromatic carbocycles. The van der Waals surface area contributed by atoms with Gasteiger partial charge >= 0.3 is 0 Å². The van der Waals surface area contributed by atoms with Gasteiger partial charge in [-0.25, -0.2) is 4.68 Å². The molecule has 5 nitrogen and oxygen atoms in total. The van der Waals surface area contributed by atoms with Gasteiger partial charge in [0.1, 0.15) is 5.82 Å². The Balaban J connectivity index is 3.03. The predicted octanol–water partition coefficient (Wildman–Crippen LogP) is 0.976. The highest BCUT2D eigenvalue weighted by Gasteiger charge is 2.20. The molecular weight excluding hydrogens is 192 g/mol. The van der Waals surface area contributed by atoms with Gasteiger partial charge in [-0.05, 0) is 27.7 Å². The molecule has 1 heterocycles. The van der Waals surface area contributed by atoms with E-state index in [1.807, 2.05) is 32.4 Å². The van der Waals surface area contributed by atoms with E-state index in [9.17, 15) is 5.11 Å². The quantitative estimate of drug-likeness (QED) is 0.695. The fourth-order valence-electron chi connectivity index (χ4n) is 1.32. The van der Waals surface area contributed by atoms with Crippen molar-refractivity contribution in [3.05, 3.63) is 5.69 Å². The minimum absolute atomic E-state index is 0.0420. The summed E-state index contributed by atoms with van der Waals surface area (Å²) in [6, 6.07) is 0. The van der Waals surface area contributed by atoms with Crippen LogP contribution in [0, 0.1) is 6.92 Å². The Kier molecular flexibility index (Phi) is 3.24. The van der Waals surface area contributed by atoms with Crippen molar-refractivity contribution >= 4 is 11.5 Å². The molecule has 4 N–H and O–H groups in total. The van der Waals surface area contributed by atoms with E-state index >= 15 is 0 Å². The van der Waals surface area contributed by atoms with E-state index < -0.39 is 5.54 Å². The number of nitrogens with one attached hydrogen (secondary N) is 1. The molecule has 0 saturated carbocycles. The van der Waals surface area contributed by atoms with Gasteiger partial charge in [0.2, 0.25) is 0 Å². The smallest absolute Gasteiger partial charge is 0.148 e. The summed E-state index contributed by atoms with van der Waals surface area (Å²) in [5, 5.41) is 16.7. The molecule has 0 aliphatic carbocycles. The Morgan fingerprint density at radius 1 is 1.53 bits per heavy atom. The van der Waals surface area contributed by atoms with Gasteiger partial charge in [-0.2, -0.15) is 5.10 Å². The number of nitrogen functional groups attached to an aromatic ring is 1. The second-order valence-electron chi connectivity index (χ2n) is 4.33. The Labute approximate surface area is 90.3 Å². The highest BCUT2D eigenvalue weighted by atomic mass is 16.3. The zero-order chi connectivity index (χ0) is 11.6. The maximum absolute atomic E-state index is 9.18. The topological polar surface area (TPSA) is 76.1 Å². The number of aliphatic hydroxyl groups is 1. The number of anilines is 2. The first-order valence-corrected chi connectivity index (χ1v) is 5.13. The number of nitrogens with two attached hydrogens (primary N) is 1. The third-order valence-corrected chi connectivity index (χ3v) is 2.33. The fraction of sp³-hybridized carbons (Fsp3) is 0.700. The van der Waals surface area contributed by atoms with Gasteiger partial charge < -0.3 is 16.2 Å². The van der Waals surface area contributed by atoms with Gasteiger partial charge in [-0.1, -0.05) is 0 Å². The van der Waals surface area contributed by atoms with Crippen LogP contribution in [0.15, 0.2) is 0 Å². The van der Waals surface area contributed by atoms with Crippen LogP contribution in [0.25, 0.3) is 0 Å². The third kappa shape index (κ3) is 2.41. The number of aryl methyl sites for hydroxylation is 2. The van der Waals surface area contributed by atoms with Crippen LogP contribution in [0.2, 0.25) is 0 Å². The van der Waals surface area contributed by atoms with E-state index in [1.54, 1.807) is 0 Å². The first kappa shape index (κ1) is 11.8. The molecule has 0 atom stereocenters. The summed E-state index contributed by atoms with van der Waals surface area (Å²) in [7, 11) is 0. The number of aliphatic hydroxyl groups excluding tert-OH is 1. The Morgan fingerprint density at radius 3 is 2.60 bits per heavy atom. The lowest BCUT2D eigenvalue weighted by atomic mass is 10.1. The molecule has 0 saturated heterocycles. The zero-order valence-electron chi connectivity index (χ0n) is 9.83. The van der Waals surface area contributed by atoms with Crippen molar-refractivity contribution in [2.45, 2.75) is 39.8 Å². The minimum atomic E-state index is -0.395. The largest absolute Gasteiger partial charge is 0.394 e. The summed E-state index contributed by atoms with van der Waals surface area (Å²) in [5.41, 5.74) is 6.98. The Morgan fingerprint density at radius 2 is 2.13 bits per heavy atom. The summed E-state index contributed by atoms with van der Waals surface area (Å²) >= 11 is 0. The molecular formula is C10H20N4O. The zero-order valence-corrected chi connectivity index (χ0v) is 9.83. The molecule has 0 amide bonds. The van der Waals surface area contributed by atoms with Gasteiger partial charge in [0.25, 0.3) is 0 Å². The first-order chi connectivity index (χ1) is 6.91. The van der Waals surface area contributed by atoms with E-state index in [2.05, 4.69) is 10.4 Å². The molecule has 0 spiro atoms. The molecule has 5 heteroatoms. The van der Waals surface area contributed by atoms with Gasteiger partial charge in [0.05, 0.1) is 23.5 Å². The van der Waals surface area contributed by atoms with Crippen molar-refractivity contribution in [2.24, 2.45) is 0 Å². The molecule has 0 bridgehead atoms. The van der Waals surface area contributed by atoms with E-state index in [-0.39, 0.29) is 6.61 Å². The van der Waals surface area contributed by atoms with Crippen molar-refractivity contribution < 1.29 is 5.11 Å². The molecule has 0 unspecified atom stereocenters. The molecule has 0 aliphatic heterocycles. The van der Waals surface area contributed by atoms with Crippen LogP contribution in [-0.2, 0) is 6.54 Å². The van der Waals surface area contributed by atoms with E-state index in [1.165, 1.54) is 0 Å². The van der Waals surface area contributed by atoms with Crippen LogP contribution in [0.4, 0.5) is 11.5 Å². The van der Waals surface area contributed by atoms with E-state index in [4.69, 9.17) is 5.73 Å². The highest BCUT2D eigenvalue weighted by molar-refractivity contribution is 5.65. The van der Waals surface area contributed by atoms with Crippen molar-refractivity contribution in [1.29, 1.82) is 0 Å². The molecule has 1 aromatic rings. The molecule has 86 valence electrons. The number of hydrogen-bond donors (Lipinski definition) is 3. The van der Waals surface area contributed by atoms with Crippen molar-refractivity contribution in [3.63, 3.8) is 0 Å². The third-order valence-electron chi connectivity index (χ3n) is 2.33. The number of rotatable bonds is 4. The van der Waals surface area contributed by atoms with E-state index in [0.717, 1.165) is 18.1 Å². The fourth-order valence-corrected chi connectivity index (χ4v) is 1.32. The first-order valence-electron chi connectivity index (χ1n) is 5.13. The monoisotopic (exact) mass is 212 g/mol. The van der Waals surface area contributed by atoms with Crippen molar-refractivity contribution in [1.82, 2.24) is 9.78 Å².